The van der Waals surface area contributed by atoms with Crippen LogP contribution in [0.1, 0.15) is 81.7 Å². The fourth-order valence-corrected chi connectivity index (χ4v) is 5.67. The number of amides is 3. The Bertz CT molecular complexity index is 1350. The topological polar surface area (TPSA) is 67.9 Å². The molecule has 2 heterocycles. The predicted octanol–water partition coefficient (Wildman–Crippen LogP) is 7.41. The van der Waals surface area contributed by atoms with Gasteiger partial charge in [0.15, 0.2) is 0 Å². The van der Waals surface area contributed by atoms with Gasteiger partial charge in [0, 0.05) is 17.7 Å². The number of nitrogens with zero attached hydrogens (tertiary/aromatic N) is 1. The van der Waals surface area contributed by atoms with Crippen molar-refractivity contribution in [1.82, 2.24) is 10.2 Å². The van der Waals surface area contributed by atoms with Crippen LogP contribution in [0.4, 0.5) is 31.1 Å². The number of carbonyl (C=O) groups excluding carboxylic acids is 2. The molecule has 12 heteroatoms. The third-order valence-electron chi connectivity index (χ3n) is 8.14. The number of carbonyl (C=O) groups is 2. The molecule has 236 valence electrons. The number of alkyl halides is 6. The molecule has 2 aromatic rings. The number of urea groups is 1. The summed E-state index contributed by atoms with van der Waals surface area (Å²) in [5.74, 6) is -0.200. The Labute approximate surface area is 246 Å². The number of fused-ring (bicyclic) bond motifs is 1. The van der Waals surface area contributed by atoms with Crippen molar-refractivity contribution in [2.45, 2.75) is 95.8 Å². The Balaban J connectivity index is 1.41. The van der Waals surface area contributed by atoms with Crippen LogP contribution in [-0.4, -0.2) is 42.3 Å². The zero-order valence-corrected chi connectivity index (χ0v) is 24.8. The Kier molecular flexibility index (Phi) is 8.60. The Morgan fingerprint density at radius 3 is 2.14 bits per heavy atom. The van der Waals surface area contributed by atoms with Gasteiger partial charge in [0.1, 0.15) is 11.3 Å². The van der Waals surface area contributed by atoms with Crippen molar-refractivity contribution >= 4 is 11.9 Å². The van der Waals surface area contributed by atoms with Gasteiger partial charge in [0.05, 0.1) is 13.2 Å². The minimum atomic E-state index is -5.70. The molecular weight excluding hydrogens is 578 g/mol. The van der Waals surface area contributed by atoms with Crippen LogP contribution in [0.5, 0.6) is 5.75 Å². The van der Waals surface area contributed by atoms with Crippen molar-refractivity contribution in [2.24, 2.45) is 0 Å². The Morgan fingerprint density at radius 1 is 0.953 bits per heavy atom. The first-order chi connectivity index (χ1) is 19.9. The van der Waals surface area contributed by atoms with E-state index in [0.717, 1.165) is 22.6 Å². The summed E-state index contributed by atoms with van der Waals surface area (Å²) >= 11 is 0. The molecule has 0 aromatic heterocycles. The molecule has 0 spiro atoms. The summed E-state index contributed by atoms with van der Waals surface area (Å²) in [4.78, 5) is 27.1. The molecule has 0 bridgehead atoms. The molecule has 1 fully saturated rings. The first kappa shape index (κ1) is 32.6. The van der Waals surface area contributed by atoms with Gasteiger partial charge in [-0.3, -0.25) is 9.69 Å². The standard InChI is InChI=1S/C31H36F6N2O4/c1-6-9-21-22-18-43-29(30(32,33)34,31(35,36)37)23(22)14-15-24(21)42-17-8-7-16-39-25(40)28(5,38-26(39)41)20-12-10-19(11-13-20)27(2,3)4/h10-15H,6-9,16-18H2,1-5H3,(H,38,41). The van der Waals surface area contributed by atoms with E-state index in [9.17, 15) is 35.9 Å². The summed E-state index contributed by atoms with van der Waals surface area (Å²) in [5.41, 5.74) is -4.80. The molecule has 4 rings (SSSR count). The average molecular weight is 615 g/mol. The van der Waals surface area contributed by atoms with E-state index in [1.54, 1.807) is 13.8 Å². The zero-order valence-electron chi connectivity index (χ0n) is 24.8. The van der Waals surface area contributed by atoms with Gasteiger partial charge >= 0.3 is 18.4 Å². The van der Waals surface area contributed by atoms with Crippen LogP contribution >= 0.6 is 0 Å². The number of rotatable bonds is 9. The SMILES string of the molecule is CCCc1c(OCCCCN2C(=O)NC(C)(c3ccc(C(C)(C)C)cc3)C2=O)ccc2c1COC2(C(F)(F)F)C(F)(F)F. The van der Waals surface area contributed by atoms with Crippen LogP contribution in [0, 0.1) is 0 Å². The number of hydrogen-bond donors (Lipinski definition) is 1. The van der Waals surface area contributed by atoms with Crippen LogP contribution in [0.15, 0.2) is 36.4 Å². The summed E-state index contributed by atoms with van der Waals surface area (Å²) in [6.07, 6.45) is -9.99. The Hall–Kier alpha value is -3.28. The maximum atomic E-state index is 13.7. The quantitative estimate of drug-likeness (QED) is 0.182. The van der Waals surface area contributed by atoms with Gasteiger partial charge in [0.25, 0.3) is 11.5 Å². The van der Waals surface area contributed by atoms with E-state index in [1.165, 1.54) is 0 Å². The van der Waals surface area contributed by atoms with E-state index in [4.69, 9.17) is 4.74 Å². The van der Waals surface area contributed by atoms with Gasteiger partial charge in [-0.15, -0.1) is 0 Å². The second-order valence-electron chi connectivity index (χ2n) is 12.2. The highest BCUT2D eigenvalue weighted by Crippen LogP contribution is 2.58. The van der Waals surface area contributed by atoms with Crippen molar-refractivity contribution in [1.29, 1.82) is 0 Å². The van der Waals surface area contributed by atoms with E-state index in [0.29, 0.717) is 24.8 Å². The van der Waals surface area contributed by atoms with Gasteiger partial charge in [-0.1, -0.05) is 64.4 Å². The normalized spacial score (nSPS) is 20.4. The molecule has 2 aromatic carbocycles. The summed E-state index contributed by atoms with van der Waals surface area (Å²) in [6, 6.07) is 8.92. The van der Waals surface area contributed by atoms with Crippen LogP contribution < -0.4 is 10.1 Å². The predicted molar refractivity (Wildman–Crippen MR) is 146 cm³/mol. The molecule has 0 radical (unpaired) electrons. The summed E-state index contributed by atoms with van der Waals surface area (Å²) < 4.78 is 92.8. The third-order valence-corrected chi connectivity index (χ3v) is 8.14. The number of benzene rings is 2. The summed E-state index contributed by atoms with van der Waals surface area (Å²) in [6.45, 7) is 8.99. The second-order valence-corrected chi connectivity index (χ2v) is 12.2. The lowest BCUT2D eigenvalue weighted by molar-refractivity contribution is -0.385. The lowest BCUT2D eigenvalue weighted by atomic mass is 9.84. The molecule has 2 aliphatic heterocycles. The molecule has 6 nitrogen and oxygen atoms in total. The van der Waals surface area contributed by atoms with E-state index in [2.05, 4.69) is 30.8 Å². The largest absolute Gasteiger partial charge is 0.493 e. The van der Waals surface area contributed by atoms with Gasteiger partial charge in [-0.2, -0.15) is 26.3 Å². The number of nitrogens with one attached hydrogen (secondary N) is 1. The monoisotopic (exact) mass is 614 g/mol. The highest BCUT2D eigenvalue weighted by Gasteiger charge is 2.75. The van der Waals surface area contributed by atoms with E-state index >= 15 is 0 Å². The van der Waals surface area contributed by atoms with E-state index in [1.807, 2.05) is 24.3 Å². The lowest BCUT2D eigenvalue weighted by Crippen LogP contribution is -2.53. The molecule has 1 N–H and O–H groups in total. The van der Waals surface area contributed by atoms with E-state index < -0.39 is 41.7 Å². The third kappa shape index (κ3) is 5.70. The fraction of sp³-hybridized carbons (Fsp3) is 0.548. The van der Waals surface area contributed by atoms with Gasteiger partial charge in [-0.25, -0.2) is 4.79 Å². The molecule has 1 saturated heterocycles. The molecule has 1 unspecified atom stereocenters. The fourth-order valence-electron chi connectivity index (χ4n) is 5.67. The van der Waals surface area contributed by atoms with Crippen molar-refractivity contribution < 1.29 is 45.4 Å². The molecular formula is C31H36F6N2O4. The van der Waals surface area contributed by atoms with Crippen LogP contribution in [0.25, 0.3) is 0 Å². The number of hydrogen-bond acceptors (Lipinski definition) is 4. The van der Waals surface area contributed by atoms with Crippen molar-refractivity contribution in [3.8, 4) is 5.75 Å². The zero-order chi connectivity index (χ0) is 32.0. The van der Waals surface area contributed by atoms with Crippen molar-refractivity contribution in [3.05, 3.63) is 64.2 Å². The number of ether oxygens (including phenoxy) is 2. The van der Waals surface area contributed by atoms with Gasteiger partial charge in [-0.05, 0) is 54.4 Å². The molecule has 43 heavy (non-hydrogen) atoms. The number of unbranched alkanes of at least 4 members (excludes halogenated alkanes) is 1. The van der Waals surface area contributed by atoms with E-state index in [-0.39, 0.29) is 47.8 Å². The maximum absolute atomic E-state index is 13.7. The summed E-state index contributed by atoms with van der Waals surface area (Å²) in [5, 5.41) is 2.78. The second kappa shape index (κ2) is 11.3. The van der Waals surface area contributed by atoms with Crippen LogP contribution in [0.2, 0.25) is 0 Å². The molecule has 0 saturated carbocycles. The lowest BCUT2D eigenvalue weighted by Gasteiger charge is -2.33. The maximum Gasteiger partial charge on any atom is 0.430 e. The number of imide groups is 1. The molecule has 0 aliphatic carbocycles. The van der Waals surface area contributed by atoms with Crippen molar-refractivity contribution in [2.75, 3.05) is 13.2 Å². The highest BCUT2D eigenvalue weighted by atomic mass is 19.4. The van der Waals surface area contributed by atoms with Crippen LogP contribution in [-0.2, 0) is 39.1 Å². The van der Waals surface area contributed by atoms with Crippen molar-refractivity contribution in [3.63, 3.8) is 0 Å². The molecule has 2 aliphatic rings. The smallest absolute Gasteiger partial charge is 0.430 e. The average Bonchev–Trinajstić information content (AvgIpc) is 3.41. The first-order valence-electron chi connectivity index (χ1n) is 14.2. The molecule has 3 amide bonds. The number of halogens is 6. The van der Waals surface area contributed by atoms with Gasteiger partial charge < -0.3 is 14.8 Å². The highest BCUT2D eigenvalue weighted by molar-refractivity contribution is 6.07. The molecule has 1 atom stereocenters. The minimum Gasteiger partial charge on any atom is -0.493 e. The van der Waals surface area contributed by atoms with Gasteiger partial charge in [0.2, 0.25) is 0 Å². The van der Waals surface area contributed by atoms with Crippen LogP contribution in [0.3, 0.4) is 0 Å². The first-order valence-corrected chi connectivity index (χ1v) is 14.2. The minimum absolute atomic E-state index is 0.0714. The summed E-state index contributed by atoms with van der Waals surface area (Å²) in [7, 11) is 0. The Morgan fingerprint density at radius 2 is 1.58 bits per heavy atom.